The van der Waals surface area contributed by atoms with Crippen LogP contribution >= 0.6 is 0 Å². The molecule has 0 aromatic rings. The first kappa shape index (κ1) is 30.1. The van der Waals surface area contributed by atoms with Crippen LogP contribution in [0.5, 0.6) is 0 Å². The molecule has 0 radical (unpaired) electrons. The molecule has 3 rings (SSSR count). The smallest absolute Gasteiger partial charge is 0.336 e. The molecule has 2 aliphatic carbocycles. The molecule has 6 unspecified atom stereocenters. The van der Waals surface area contributed by atoms with Gasteiger partial charge in [-0.1, -0.05) is 45.9 Å². The van der Waals surface area contributed by atoms with Gasteiger partial charge < -0.3 is 29.9 Å². The Labute approximate surface area is 224 Å². The zero-order chi connectivity index (χ0) is 28.2. The second kappa shape index (κ2) is 12.6. The van der Waals surface area contributed by atoms with Crippen LogP contribution < -0.4 is 0 Å². The lowest BCUT2D eigenvalue weighted by molar-refractivity contribution is -0.181. The van der Waals surface area contributed by atoms with Gasteiger partial charge in [0.25, 0.3) is 0 Å². The number of allylic oxidation sites excluding steroid dienone is 3. The van der Waals surface area contributed by atoms with Gasteiger partial charge in [0.05, 0.1) is 30.3 Å². The summed E-state index contributed by atoms with van der Waals surface area (Å²) in [7, 11) is 0. The van der Waals surface area contributed by atoms with E-state index in [-0.39, 0.29) is 54.5 Å². The summed E-state index contributed by atoms with van der Waals surface area (Å²) in [5, 5.41) is 40.7. The Balaban J connectivity index is 1.84. The van der Waals surface area contributed by atoms with Gasteiger partial charge in [-0.3, -0.25) is 4.79 Å². The van der Waals surface area contributed by atoms with Crippen LogP contribution in [0.15, 0.2) is 34.9 Å². The van der Waals surface area contributed by atoms with E-state index < -0.39 is 48.6 Å². The largest absolute Gasteiger partial charge is 0.478 e. The highest BCUT2D eigenvalue weighted by molar-refractivity contribution is 5.89. The van der Waals surface area contributed by atoms with E-state index in [1.165, 1.54) is 6.08 Å². The van der Waals surface area contributed by atoms with Crippen molar-refractivity contribution in [2.75, 3.05) is 26.4 Å². The van der Waals surface area contributed by atoms with Crippen LogP contribution in [0.2, 0.25) is 0 Å². The minimum Gasteiger partial charge on any atom is -0.478 e. The van der Waals surface area contributed by atoms with E-state index in [9.17, 15) is 34.8 Å². The van der Waals surface area contributed by atoms with Gasteiger partial charge in [0, 0.05) is 0 Å². The Morgan fingerprint density at radius 3 is 2.39 bits per heavy atom. The van der Waals surface area contributed by atoms with E-state index in [0.717, 1.165) is 18.4 Å². The Bertz CT molecular complexity index is 992. The SMILES string of the molecule is CC(C)C1CCC(CO)=CC1/C=C(\CO)C(=O)OCC1(O)CCC(C(C)C)C2C=C(C(=O)O)COC(=O)C21. The summed E-state index contributed by atoms with van der Waals surface area (Å²) in [6.07, 6.45) is 7.46. The number of carbonyl (C=O) groups excluding carboxylic acids is 2. The van der Waals surface area contributed by atoms with Gasteiger partial charge in [-0.05, 0) is 66.8 Å². The molecule has 9 heteroatoms. The zero-order valence-electron chi connectivity index (χ0n) is 22.8. The lowest BCUT2D eigenvalue weighted by Gasteiger charge is -2.46. The number of carboxylic acids is 1. The quantitative estimate of drug-likeness (QED) is 0.199. The third-order valence-electron chi connectivity index (χ3n) is 8.58. The average Bonchev–Trinajstić information content (AvgIpc) is 3.05. The number of cyclic esters (lactones) is 1. The van der Waals surface area contributed by atoms with Crippen molar-refractivity contribution in [2.24, 2.45) is 41.4 Å². The predicted molar refractivity (Wildman–Crippen MR) is 139 cm³/mol. The number of ether oxygens (including phenoxy) is 2. The molecule has 9 nitrogen and oxygen atoms in total. The maximum Gasteiger partial charge on any atom is 0.336 e. The molecule has 4 N–H and O–H groups in total. The van der Waals surface area contributed by atoms with Gasteiger partial charge in [-0.15, -0.1) is 0 Å². The van der Waals surface area contributed by atoms with Gasteiger partial charge in [-0.25, -0.2) is 9.59 Å². The number of carbonyl (C=O) groups is 3. The number of fused-ring (bicyclic) bond motifs is 1. The molecule has 212 valence electrons. The molecule has 1 heterocycles. The fourth-order valence-electron chi connectivity index (χ4n) is 6.36. The standard InChI is InChI=1S/C29H42O9/c1-16(2)22-6-5-18(12-30)9-19(22)10-20(13-31)27(34)38-15-29(36)8-7-23(17(3)4)24-11-21(26(32)33)14-37-28(35)25(24)29/h9-11,16-17,19,22-25,30-31,36H,5-8,12-15H2,1-4H3,(H,32,33)/b20-10+. The molecule has 6 atom stereocenters. The first-order valence-electron chi connectivity index (χ1n) is 13.5. The van der Waals surface area contributed by atoms with Crippen LogP contribution in [0.3, 0.4) is 0 Å². The highest BCUT2D eigenvalue weighted by Gasteiger charge is 2.54. The van der Waals surface area contributed by atoms with Crippen molar-refractivity contribution >= 4 is 17.9 Å². The molecule has 0 spiro atoms. The minimum absolute atomic E-state index is 0.0364. The molecular weight excluding hydrogens is 492 g/mol. The topological polar surface area (TPSA) is 151 Å². The number of carboxylic acid groups (broad SMARTS) is 1. The first-order valence-corrected chi connectivity index (χ1v) is 13.5. The summed E-state index contributed by atoms with van der Waals surface area (Å²) in [5.41, 5.74) is -0.852. The summed E-state index contributed by atoms with van der Waals surface area (Å²) in [6, 6.07) is 0. The number of esters is 2. The monoisotopic (exact) mass is 534 g/mol. The van der Waals surface area contributed by atoms with Gasteiger partial charge in [0.2, 0.25) is 0 Å². The van der Waals surface area contributed by atoms with Crippen molar-refractivity contribution in [1.82, 2.24) is 0 Å². The molecule has 1 saturated carbocycles. The maximum atomic E-state index is 13.0. The van der Waals surface area contributed by atoms with Gasteiger partial charge >= 0.3 is 17.9 Å². The molecule has 0 aromatic heterocycles. The zero-order valence-corrected chi connectivity index (χ0v) is 22.8. The Kier molecular flexibility index (Phi) is 9.95. The van der Waals surface area contributed by atoms with E-state index in [4.69, 9.17) is 9.47 Å². The molecule has 1 aliphatic heterocycles. The normalized spacial score (nSPS) is 32.2. The lowest BCUT2D eigenvalue weighted by atomic mass is 9.61. The van der Waals surface area contributed by atoms with Crippen LogP contribution in [0.4, 0.5) is 0 Å². The molecule has 3 aliphatic rings. The van der Waals surface area contributed by atoms with Gasteiger partial charge in [0.1, 0.15) is 18.8 Å². The molecule has 0 amide bonds. The summed E-state index contributed by atoms with van der Waals surface area (Å²) >= 11 is 0. The number of hydrogen-bond donors (Lipinski definition) is 4. The summed E-state index contributed by atoms with van der Waals surface area (Å²) in [6.45, 7) is 6.66. The number of aliphatic hydroxyl groups is 3. The van der Waals surface area contributed by atoms with Gasteiger partial charge in [-0.2, -0.15) is 0 Å². The fourth-order valence-corrected chi connectivity index (χ4v) is 6.36. The summed E-state index contributed by atoms with van der Waals surface area (Å²) in [5.74, 6) is -3.91. The third-order valence-corrected chi connectivity index (χ3v) is 8.58. The molecule has 0 bridgehead atoms. The van der Waals surface area contributed by atoms with E-state index in [1.807, 2.05) is 19.9 Å². The second-order valence-corrected chi connectivity index (χ2v) is 11.6. The molecule has 38 heavy (non-hydrogen) atoms. The molecule has 0 aromatic carbocycles. The summed E-state index contributed by atoms with van der Waals surface area (Å²) < 4.78 is 10.7. The predicted octanol–water partition coefficient (Wildman–Crippen LogP) is 2.65. The minimum atomic E-state index is -1.75. The fraction of sp³-hybridized carbons (Fsp3) is 0.690. The van der Waals surface area contributed by atoms with Crippen molar-refractivity contribution in [3.63, 3.8) is 0 Å². The van der Waals surface area contributed by atoms with E-state index in [0.29, 0.717) is 12.3 Å². The molecule has 1 fully saturated rings. The number of hydrogen-bond acceptors (Lipinski definition) is 8. The van der Waals surface area contributed by atoms with Crippen LogP contribution in [0.1, 0.15) is 53.4 Å². The first-order chi connectivity index (χ1) is 17.9. The van der Waals surface area contributed by atoms with E-state index >= 15 is 0 Å². The number of rotatable bonds is 9. The van der Waals surface area contributed by atoms with Crippen molar-refractivity contribution in [3.05, 3.63) is 34.9 Å². The van der Waals surface area contributed by atoms with Crippen LogP contribution in [0.25, 0.3) is 0 Å². The van der Waals surface area contributed by atoms with Crippen LogP contribution in [-0.4, -0.2) is 70.4 Å². The number of aliphatic carboxylic acids is 1. The Morgan fingerprint density at radius 1 is 1.13 bits per heavy atom. The van der Waals surface area contributed by atoms with Crippen LogP contribution in [0, 0.1) is 41.4 Å². The lowest BCUT2D eigenvalue weighted by Crippen LogP contribution is -2.55. The maximum absolute atomic E-state index is 13.0. The summed E-state index contributed by atoms with van der Waals surface area (Å²) in [4.78, 5) is 37.8. The molecule has 0 saturated heterocycles. The van der Waals surface area contributed by atoms with Crippen LogP contribution in [-0.2, 0) is 23.9 Å². The number of aliphatic hydroxyl groups excluding tert-OH is 2. The van der Waals surface area contributed by atoms with Crippen molar-refractivity contribution < 1.29 is 44.3 Å². The van der Waals surface area contributed by atoms with Crippen molar-refractivity contribution in [2.45, 2.75) is 59.0 Å². The van der Waals surface area contributed by atoms with Crippen molar-refractivity contribution in [3.8, 4) is 0 Å². The van der Waals surface area contributed by atoms with Crippen molar-refractivity contribution in [1.29, 1.82) is 0 Å². The highest BCUT2D eigenvalue weighted by Crippen LogP contribution is 2.47. The Hall–Kier alpha value is -2.49. The van der Waals surface area contributed by atoms with E-state index in [1.54, 1.807) is 6.08 Å². The highest BCUT2D eigenvalue weighted by atomic mass is 16.6. The third kappa shape index (κ3) is 6.55. The second-order valence-electron chi connectivity index (χ2n) is 11.6. The van der Waals surface area contributed by atoms with E-state index in [2.05, 4.69) is 13.8 Å². The average molecular weight is 535 g/mol. The van der Waals surface area contributed by atoms with Gasteiger partial charge in [0.15, 0.2) is 0 Å². The Morgan fingerprint density at radius 2 is 1.82 bits per heavy atom. The molecular formula is C29H42O9.